The van der Waals surface area contributed by atoms with Crippen molar-refractivity contribution < 1.29 is 38.9 Å². The van der Waals surface area contributed by atoms with E-state index < -0.39 is 35.5 Å². The molecule has 33 heavy (non-hydrogen) atoms. The summed E-state index contributed by atoms with van der Waals surface area (Å²) >= 11 is 0. The van der Waals surface area contributed by atoms with Crippen LogP contribution in [0.15, 0.2) is 25.3 Å². The summed E-state index contributed by atoms with van der Waals surface area (Å²) in [5.41, 5.74) is -0.619. The van der Waals surface area contributed by atoms with Gasteiger partial charge in [0, 0.05) is 6.61 Å². The summed E-state index contributed by atoms with van der Waals surface area (Å²) in [5, 5.41) is 16.9. The molecule has 1 rings (SSSR count). The summed E-state index contributed by atoms with van der Waals surface area (Å²) in [6.45, 7) is 16.3. The first-order valence-electron chi connectivity index (χ1n) is 11.0. The minimum absolute atomic E-state index is 0.0164. The zero-order chi connectivity index (χ0) is 25.8. The van der Waals surface area contributed by atoms with Crippen LogP contribution < -0.4 is 0 Å². The van der Waals surface area contributed by atoms with E-state index in [1.807, 2.05) is 13.8 Å². The second kappa shape index (κ2) is 14.5. The van der Waals surface area contributed by atoms with Crippen LogP contribution in [0.3, 0.4) is 0 Å². The number of amides is 2. The summed E-state index contributed by atoms with van der Waals surface area (Å²) in [6.07, 6.45) is 3.32. The number of rotatable bonds is 11. The molecule has 1 heterocycles. The van der Waals surface area contributed by atoms with Crippen LogP contribution in [0.5, 0.6) is 0 Å². The van der Waals surface area contributed by atoms with E-state index in [0.29, 0.717) is 12.8 Å². The number of esters is 1. The molecule has 2 amide bonds. The fraction of sp³-hybridized carbons (Fsp3) is 0.667. The number of ether oxygens (including phenoxy) is 2. The van der Waals surface area contributed by atoms with Crippen molar-refractivity contribution in [3.63, 3.8) is 0 Å². The number of carbonyl (C=O) groups is 4. The molecule has 1 fully saturated rings. The van der Waals surface area contributed by atoms with Crippen LogP contribution in [-0.2, 0) is 23.9 Å². The van der Waals surface area contributed by atoms with Gasteiger partial charge < -0.3 is 19.7 Å². The lowest BCUT2D eigenvalue weighted by Gasteiger charge is -2.27. The molecule has 0 aromatic carbocycles. The van der Waals surface area contributed by atoms with Gasteiger partial charge in [-0.25, -0.2) is 9.69 Å². The Labute approximate surface area is 196 Å². The fourth-order valence-electron chi connectivity index (χ4n) is 3.14. The van der Waals surface area contributed by atoms with Crippen LogP contribution in [0.4, 0.5) is 4.79 Å². The van der Waals surface area contributed by atoms with Crippen molar-refractivity contribution in [1.82, 2.24) is 4.90 Å². The number of hydrogen-bond acceptors (Lipinski definition) is 7. The molecule has 1 saturated heterocycles. The number of nitrogens with zero attached hydrogens (tertiary/aromatic N) is 1. The molecule has 1 aliphatic rings. The number of carboxylic acid groups (broad SMARTS) is 1. The number of imide groups is 1. The van der Waals surface area contributed by atoms with E-state index in [4.69, 9.17) is 19.7 Å². The molecular formula is C24H39NO8. The first-order valence-corrected chi connectivity index (χ1v) is 11.0. The van der Waals surface area contributed by atoms with Gasteiger partial charge in [0.25, 0.3) is 0 Å². The second-order valence-corrected chi connectivity index (χ2v) is 9.28. The number of carbonyl (C=O) groups excluding carboxylic acids is 3. The van der Waals surface area contributed by atoms with Crippen molar-refractivity contribution in [2.45, 2.75) is 71.9 Å². The third-order valence-electron chi connectivity index (χ3n) is 4.77. The van der Waals surface area contributed by atoms with Crippen molar-refractivity contribution >= 4 is 23.9 Å². The Kier molecular flexibility index (Phi) is 13.3. The molecule has 0 saturated carbocycles. The lowest BCUT2D eigenvalue weighted by molar-refractivity contribution is -0.158. The highest BCUT2D eigenvalue weighted by molar-refractivity contribution is 5.96. The average Bonchev–Trinajstić information content (AvgIpc) is 3.07. The zero-order valence-electron chi connectivity index (χ0n) is 20.4. The monoisotopic (exact) mass is 469 g/mol. The smallest absolute Gasteiger partial charge is 0.416 e. The van der Waals surface area contributed by atoms with E-state index in [2.05, 4.69) is 13.2 Å². The van der Waals surface area contributed by atoms with Crippen molar-refractivity contribution in [2.24, 2.45) is 17.8 Å². The summed E-state index contributed by atoms with van der Waals surface area (Å²) in [5.74, 6) is -2.51. The second-order valence-electron chi connectivity index (χ2n) is 9.28. The molecule has 0 unspecified atom stereocenters. The van der Waals surface area contributed by atoms with Crippen molar-refractivity contribution in [3.8, 4) is 0 Å². The summed E-state index contributed by atoms with van der Waals surface area (Å²) in [6, 6.07) is -0.305. The number of aliphatic carboxylic acids is 1. The Balaban J connectivity index is 0.000000861. The van der Waals surface area contributed by atoms with Crippen LogP contribution in [0, 0.1) is 17.8 Å². The van der Waals surface area contributed by atoms with Gasteiger partial charge >= 0.3 is 18.0 Å². The van der Waals surface area contributed by atoms with Gasteiger partial charge in [0.15, 0.2) is 0 Å². The third-order valence-corrected chi connectivity index (χ3v) is 4.77. The maximum absolute atomic E-state index is 12.7. The Hall–Kier alpha value is -2.68. The van der Waals surface area contributed by atoms with Gasteiger partial charge in [-0.15, -0.1) is 13.2 Å². The number of cyclic esters (lactones) is 1. The standard InChI is InChI=1S/C17H27NO5.C7H12O3/c1-7-8-12(9-14(19)23-17(4,5)6)15(20)18-13(11(2)3)10-22-16(18)21;1-2-3-6(5-8)4-7(9)10/h7,11-13H,1,8-10H2,2-6H3;2,6,8H,1,3-5H2,(H,9,10)/t12-,13+;6-/m00/s1. The third kappa shape index (κ3) is 11.7. The molecule has 0 aliphatic carbocycles. The van der Waals surface area contributed by atoms with E-state index >= 15 is 0 Å². The van der Waals surface area contributed by atoms with Gasteiger partial charge in [-0.2, -0.15) is 0 Å². The molecular weight excluding hydrogens is 430 g/mol. The number of aliphatic hydroxyl groups excluding tert-OH is 1. The van der Waals surface area contributed by atoms with Crippen LogP contribution >= 0.6 is 0 Å². The van der Waals surface area contributed by atoms with E-state index in [1.54, 1.807) is 32.9 Å². The van der Waals surface area contributed by atoms with Gasteiger partial charge in [-0.1, -0.05) is 26.0 Å². The maximum Gasteiger partial charge on any atom is 0.416 e. The van der Waals surface area contributed by atoms with E-state index in [9.17, 15) is 19.2 Å². The Bertz CT molecular complexity index is 695. The fourth-order valence-corrected chi connectivity index (χ4v) is 3.14. The molecule has 0 aromatic heterocycles. The van der Waals surface area contributed by atoms with Crippen LogP contribution in [0.2, 0.25) is 0 Å². The number of allylic oxidation sites excluding steroid dienone is 2. The first kappa shape index (κ1) is 30.3. The predicted molar refractivity (Wildman–Crippen MR) is 123 cm³/mol. The van der Waals surface area contributed by atoms with Gasteiger partial charge in [-0.05, 0) is 45.4 Å². The number of carboxylic acids is 1. The van der Waals surface area contributed by atoms with Crippen LogP contribution in [0.1, 0.15) is 60.3 Å². The van der Waals surface area contributed by atoms with Gasteiger partial charge in [0.05, 0.1) is 24.8 Å². The Morgan fingerprint density at radius 2 is 1.76 bits per heavy atom. The molecule has 0 aromatic rings. The van der Waals surface area contributed by atoms with E-state index in [0.717, 1.165) is 4.90 Å². The summed E-state index contributed by atoms with van der Waals surface area (Å²) in [7, 11) is 0. The predicted octanol–water partition coefficient (Wildman–Crippen LogP) is 3.56. The Morgan fingerprint density at radius 1 is 1.18 bits per heavy atom. The van der Waals surface area contributed by atoms with Crippen molar-refractivity contribution in [2.75, 3.05) is 13.2 Å². The van der Waals surface area contributed by atoms with Crippen molar-refractivity contribution in [1.29, 1.82) is 0 Å². The van der Waals surface area contributed by atoms with E-state index in [-0.39, 0.29) is 43.9 Å². The lowest BCUT2D eigenvalue weighted by Crippen LogP contribution is -2.45. The minimum Gasteiger partial charge on any atom is -0.481 e. The van der Waals surface area contributed by atoms with Gasteiger partial charge in [0.2, 0.25) is 5.91 Å². The molecule has 9 nitrogen and oxygen atoms in total. The molecule has 9 heteroatoms. The maximum atomic E-state index is 12.7. The quantitative estimate of drug-likeness (QED) is 0.347. The van der Waals surface area contributed by atoms with Crippen molar-refractivity contribution in [3.05, 3.63) is 25.3 Å². The SMILES string of the molecule is C=CC[C@@H](CC(=O)OC(C)(C)C)C(=O)N1C(=O)OC[C@@H]1C(C)C.C=CC[C@H](CO)CC(=O)O. The highest BCUT2D eigenvalue weighted by Gasteiger charge is 2.42. The highest BCUT2D eigenvalue weighted by Crippen LogP contribution is 2.25. The van der Waals surface area contributed by atoms with E-state index in [1.165, 1.54) is 0 Å². The molecule has 2 N–H and O–H groups in total. The zero-order valence-corrected chi connectivity index (χ0v) is 20.4. The minimum atomic E-state index is -0.874. The Morgan fingerprint density at radius 3 is 2.18 bits per heavy atom. The highest BCUT2D eigenvalue weighted by atomic mass is 16.6. The number of hydrogen-bond donors (Lipinski definition) is 2. The van der Waals surface area contributed by atoms with Gasteiger partial charge in [0.1, 0.15) is 12.2 Å². The lowest BCUT2D eigenvalue weighted by atomic mass is 9.97. The summed E-state index contributed by atoms with van der Waals surface area (Å²) < 4.78 is 10.3. The normalized spacial score (nSPS) is 17.4. The van der Waals surface area contributed by atoms with Crippen LogP contribution in [0.25, 0.3) is 0 Å². The largest absolute Gasteiger partial charge is 0.481 e. The van der Waals surface area contributed by atoms with Gasteiger partial charge in [-0.3, -0.25) is 14.4 Å². The molecule has 3 atom stereocenters. The topological polar surface area (TPSA) is 130 Å². The number of aliphatic hydroxyl groups is 1. The first-order chi connectivity index (χ1) is 15.3. The average molecular weight is 470 g/mol. The molecule has 1 aliphatic heterocycles. The molecule has 0 spiro atoms. The molecule has 188 valence electrons. The van der Waals surface area contributed by atoms with Crippen LogP contribution in [-0.4, -0.2) is 63.9 Å². The molecule has 0 bridgehead atoms. The summed E-state index contributed by atoms with van der Waals surface area (Å²) in [4.78, 5) is 47.9. The molecule has 0 radical (unpaired) electrons.